The first kappa shape index (κ1) is 18.2. The van der Waals surface area contributed by atoms with Crippen LogP contribution < -0.4 is 11.1 Å². The first-order valence-corrected chi connectivity index (χ1v) is 8.03. The van der Waals surface area contributed by atoms with Crippen LogP contribution in [0.2, 0.25) is 5.02 Å². The zero-order valence-electron chi connectivity index (χ0n) is 13.0. The first-order chi connectivity index (χ1) is 11.5. The molecule has 1 aromatic rings. The molecule has 1 saturated heterocycles. The third-order valence-electron chi connectivity index (χ3n) is 3.93. The summed E-state index contributed by atoms with van der Waals surface area (Å²) in [5, 5.41) is 13.9. The van der Waals surface area contributed by atoms with E-state index < -0.39 is 10.8 Å². The summed E-state index contributed by atoms with van der Waals surface area (Å²) >= 11 is 6.01. The fraction of sp³-hybridized carbons (Fsp3) is 0.467. The van der Waals surface area contributed by atoms with Crippen molar-refractivity contribution in [3.8, 4) is 0 Å². The lowest BCUT2D eigenvalue weighted by Crippen LogP contribution is -2.46. The molecule has 8 nitrogen and oxygen atoms in total. The normalized spacial score (nSPS) is 17.4. The van der Waals surface area contributed by atoms with Gasteiger partial charge in [0.25, 0.3) is 11.6 Å². The second-order valence-electron chi connectivity index (χ2n) is 5.56. The van der Waals surface area contributed by atoms with Crippen LogP contribution in [0.25, 0.3) is 0 Å². The van der Waals surface area contributed by atoms with E-state index in [1.165, 1.54) is 23.1 Å². The van der Waals surface area contributed by atoms with Gasteiger partial charge in [-0.2, -0.15) is 0 Å². The number of carbonyl (C=O) groups excluding carboxylic acids is 2. The van der Waals surface area contributed by atoms with Crippen molar-refractivity contribution < 1.29 is 14.5 Å². The van der Waals surface area contributed by atoms with Crippen molar-refractivity contribution in [2.24, 2.45) is 11.7 Å². The maximum Gasteiger partial charge on any atom is 0.283 e. The molecule has 130 valence electrons. The van der Waals surface area contributed by atoms with Crippen LogP contribution in [-0.4, -0.2) is 47.8 Å². The average Bonchev–Trinajstić information content (AvgIpc) is 2.58. The Hall–Kier alpha value is -2.19. The van der Waals surface area contributed by atoms with Crippen LogP contribution in [0.3, 0.4) is 0 Å². The van der Waals surface area contributed by atoms with Gasteiger partial charge in [-0.1, -0.05) is 17.7 Å². The largest absolute Gasteiger partial charge is 0.355 e. The fourth-order valence-electron chi connectivity index (χ4n) is 2.75. The first-order valence-electron chi connectivity index (χ1n) is 7.65. The Bertz CT molecular complexity index is 652. The van der Waals surface area contributed by atoms with Crippen LogP contribution >= 0.6 is 11.6 Å². The molecular formula is C15H19ClN4O4. The van der Waals surface area contributed by atoms with Crippen LogP contribution in [0.5, 0.6) is 0 Å². The SMILES string of the molecule is NCCNC(=O)C1CCCN(C(=O)c2c(Cl)cccc2[N+](=O)[O-])C1. The van der Waals surface area contributed by atoms with Gasteiger partial charge in [0.05, 0.1) is 15.9 Å². The molecule has 2 amide bonds. The summed E-state index contributed by atoms with van der Waals surface area (Å²) in [4.78, 5) is 36.7. The second kappa shape index (κ2) is 8.07. The molecule has 1 aromatic carbocycles. The van der Waals surface area contributed by atoms with Crippen LogP contribution in [0.1, 0.15) is 23.2 Å². The summed E-state index contributed by atoms with van der Waals surface area (Å²) in [5.41, 5.74) is 4.90. The summed E-state index contributed by atoms with van der Waals surface area (Å²) < 4.78 is 0. The highest BCUT2D eigenvalue weighted by atomic mass is 35.5. The van der Waals surface area contributed by atoms with E-state index in [2.05, 4.69) is 5.32 Å². The molecule has 9 heteroatoms. The molecule has 1 aliphatic heterocycles. The number of rotatable bonds is 5. The third kappa shape index (κ3) is 4.01. The lowest BCUT2D eigenvalue weighted by Gasteiger charge is -2.32. The van der Waals surface area contributed by atoms with Gasteiger partial charge in [0.15, 0.2) is 0 Å². The fourth-order valence-corrected chi connectivity index (χ4v) is 3.00. The molecule has 1 atom stereocenters. The zero-order valence-corrected chi connectivity index (χ0v) is 13.8. The standard InChI is InChI=1S/C15H19ClN4O4/c16-11-4-1-5-12(20(23)24)13(11)15(22)19-8-2-3-10(9-19)14(21)18-7-6-17/h1,4-5,10H,2-3,6-9,17H2,(H,18,21). The number of hydrogen-bond acceptors (Lipinski definition) is 5. The van der Waals surface area contributed by atoms with Crippen LogP contribution in [0, 0.1) is 16.0 Å². The number of amides is 2. The molecule has 2 rings (SSSR count). The minimum absolute atomic E-state index is 0.0314. The molecule has 24 heavy (non-hydrogen) atoms. The predicted octanol–water partition coefficient (Wildman–Crippen LogP) is 1.18. The highest BCUT2D eigenvalue weighted by molar-refractivity contribution is 6.34. The number of halogens is 1. The molecule has 0 radical (unpaired) electrons. The molecule has 0 saturated carbocycles. The molecular weight excluding hydrogens is 336 g/mol. The van der Waals surface area contributed by atoms with E-state index in [0.717, 1.165) is 0 Å². The van der Waals surface area contributed by atoms with Crippen LogP contribution in [0.4, 0.5) is 5.69 Å². The molecule has 1 unspecified atom stereocenters. The summed E-state index contributed by atoms with van der Waals surface area (Å²) in [6, 6.07) is 4.11. The third-order valence-corrected chi connectivity index (χ3v) is 4.24. The van der Waals surface area contributed by atoms with Crippen molar-refractivity contribution in [2.75, 3.05) is 26.2 Å². The van der Waals surface area contributed by atoms with Crippen molar-refractivity contribution in [1.82, 2.24) is 10.2 Å². The Morgan fingerprint density at radius 1 is 1.46 bits per heavy atom. The van der Waals surface area contributed by atoms with Crippen molar-refractivity contribution in [3.05, 3.63) is 38.9 Å². The topological polar surface area (TPSA) is 119 Å². The second-order valence-corrected chi connectivity index (χ2v) is 5.97. The summed E-state index contributed by atoms with van der Waals surface area (Å²) in [7, 11) is 0. The molecule has 1 fully saturated rings. The Balaban J connectivity index is 2.18. The smallest absolute Gasteiger partial charge is 0.283 e. The van der Waals surface area contributed by atoms with Gasteiger partial charge in [-0.25, -0.2) is 0 Å². The van der Waals surface area contributed by atoms with E-state index in [0.29, 0.717) is 32.5 Å². The zero-order chi connectivity index (χ0) is 17.7. The van der Waals surface area contributed by atoms with Gasteiger partial charge < -0.3 is 16.0 Å². The van der Waals surface area contributed by atoms with Crippen molar-refractivity contribution >= 4 is 29.1 Å². The minimum atomic E-state index is -0.630. The summed E-state index contributed by atoms with van der Waals surface area (Å²) in [6.07, 6.45) is 1.30. The van der Waals surface area contributed by atoms with E-state index in [1.807, 2.05) is 0 Å². The molecule has 0 aliphatic carbocycles. The Morgan fingerprint density at radius 3 is 2.88 bits per heavy atom. The Kier molecular flexibility index (Phi) is 6.10. The lowest BCUT2D eigenvalue weighted by atomic mass is 9.96. The summed E-state index contributed by atoms with van der Waals surface area (Å²) in [6.45, 7) is 1.35. The number of hydrogen-bond donors (Lipinski definition) is 2. The maximum atomic E-state index is 12.7. The highest BCUT2D eigenvalue weighted by Crippen LogP contribution is 2.29. The number of likely N-dealkylation sites (tertiary alicyclic amines) is 1. The number of nitrogens with zero attached hydrogens (tertiary/aromatic N) is 2. The van der Waals surface area contributed by atoms with Crippen LogP contribution in [-0.2, 0) is 4.79 Å². The summed E-state index contributed by atoms with van der Waals surface area (Å²) in [5.74, 6) is -1.04. The van der Waals surface area contributed by atoms with Gasteiger partial charge in [0.1, 0.15) is 5.56 Å². The minimum Gasteiger partial charge on any atom is -0.355 e. The van der Waals surface area contributed by atoms with E-state index in [4.69, 9.17) is 17.3 Å². The van der Waals surface area contributed by atoms with Crippen molar-refractivity contribution in [2.45, 2.75) is 12.8 Å². The molecule has 0 aromatic heterocycles. The number of piperidine rings is 1. The molecule has 1 heterocycles. The maximum absolute atomic E-state index is 12.7. The quantitative estimate of drug-likeness (QED) is 0.607. The molecule has 0 bridgehead atoms. The number of carbonyl (C=O) groups is 2. The number of nitro groups is 1. The van der Waals surface area contributed by atoms with Gasteiger partial charge in [0.2, 0.25) is 5.91 Å². The predicted molar refractivity (Wildman–Crippen MR) is 88.8 cm³/mol. The van der Waals surface area contributed by atoms with Gasteiger partial charge >= 0.3 is 0 Å². The van der Waals surface area contributed by atoms with E-state index in [1.54, 1.807) is 0 Å². The van der Waals surface area contributed by atoms with Crippen LogP contribution in [0.15, 0.2) is 18.2 Å². The van der Waals surface area contributed by atoms with Gasteiger partial charge in [-0.15, -0.1) is 0 Å². The molecule has 3 N–H and O–H groups in total. The van der Waals surface area contributed by atoms with E-state index >= 15 is 0 Å². The average molecular weight is 355 g/mol. The van der Waals surface area contributed by atoms with Gasteiger partial charge in [0, 0.05) is 32.2 Å². The molecule has 1 aliphatic rings. The Labute approximate surface area is 144 Å². The number of nitro benzene ring substituents is 1. The van der Waals surface area contributed by atoms with Gasteiger partial charge in [-0.3, -0.25) is 19.7 Å². The van der Waals surface area contributed by atoms with E-state index in [-0.39, 0.29) is 34.6 Å². The lowest BCUT2D eigenvalue weighted by molar-refractivity contribution is -0.385. The highest BCUT2D eigenvalue weighted by Gasteiger charge is 2.32. The number of nitrogens with one attached hydrogen (secondary N) is 1. The van der Waals surface area contributed by atoms with E-state index in [9.17, 15) is 19.7 Å². The molecule has 0 spiro atoms. The number of nitrogens with two attached hydrogens (primary N) is 1. The Morgan fingerprint density at radius 2 is 2.21 bits per heavy atom. The number of benzene rings is 1. The van der Waals surface area contributed by atoms with Crippen molar-refractivity contribution in [1.29, 1.82) is 0 Å². The van der Waals surface area contributed by atoms with Crippen molar-refractivity contribution in [3.63, 3.8) is 0 Å². The van der Waals surface area contributed by atoms with Gasteiger partial charge in [-0.05, 0) is 18.9 Å². The monoisotopic (exact) mass is 354 g/mol.